The molecule has 1 aliphatic heterocycles. The van der Waals surface area contributed by atoms with Crippen molar-refractivity contribution in [1.29, 1.82) is 0 Å². The van der Waals surface area contributed by atoms with Crippen molar-refractivity contribution >= 4 is 5.78 Å². The standard InChI is InChI=1S/C31H35NO3/c1-21(2)18-32(4)19-23-7-9-25(10-8-23)27-15-24(6-5-22(27)3)16-30(33)31(13-14-31)26-11-12-28-29(17-26)35-20-34-28/h5-12,15,17,21H,13-14,16,18-20H2,1-4H3. The summed E-state index contributed by atoms with van der Waals surface area (Å²) in [7, 11) is 2.18. The Balaban J connectivity index is 1.31. The van der Waals surface area contributed by atoms with Gasteiger partial charge >= 0.3 is 0 Å². The molecule has 1 saturated carbocycles. The summed E-state index contributed by atoms with van der Waals surface area (Å²) in [5.41, 5.74) is 6.69. The molecule has 0 atom stereocenters. The Morgan fingerprint density at radius 1 is 0.943 bits per heavy atom. The first-order valence-electron chi connectivity index (χ1n) is 12.6. The van der Waals surface area contributed by atoms with Gasteiger partial charge in [0, 0.05) is 19.5 Å². The number of ether oxygens (including phenoxy) is 2. The number of carbonyl (C=O) groups excluding carboxylic acids is 1. The average molecular weight is 470 g/mol. The summed E-state index contributed by atoms with van der Waals surface area (Å²) in [6.07, 6.45) is 2.24. The molecule has 0 N–H and O–H groups in total. The van der Waals surface area contributed by atoms with Crippen molar-refractivity contribution < 1.29 is 14.3 Å². The zero-order valence-electron chi connectivity index (χ0n) is 21.3. The Kier molecular flexibility index (Phi) is 6.41. The molecule has 1 aliphatic carbocycles. The van der Waals surface area contributed by atoms with Crippen LogP contribution in [0.4, 0.5) is 0 Å². The molecule has 0 aromatic heterocycles. The lowest BCUT2D eigenvalue weighted by Gasteiger charge is -2.19. The minimum Gasteiger partial charge on any atom is -0.454 e. The fourth-order valence-electron chi connectivity index (χ4n) is 5.28. The summed E-state index contributed by atoms with van der Waals surface area (Å²) in [5.74, 6) is 2.46. The summed E-state index contributed by atoms with van der Waals surface area (Å²) in [4.78, 5) is 15.8. The summed E-state index contributed by atoms with van der Waals surface area (Å²) in [6.45, 7) is 8.93. The van der Waals surface area contributed by atoms with E-state index in [2.05, 4.69) is 75.2 Å². The van der Waals surface area contributed by atoms with Crippen molar-refractivity contribution in [3.8, 4) is 22.6 Å². The van der Waals surface area contributed by atoms with Gasteiger partial charge in [-0.2, -0.15) is 0 Å². The van der Waals surface area contributed by atoms with Crippen LogP contribution < -0.4 is 9.47 Å². The number of ketones is 1. The number of benzene rings is 3. The van der Waals surface area contributed by atoms with E-state index in [1.807, 2.05) is 18.2 Å². The van der Waals surface area contributed by atoms with Crippen LogP contribution in [0.5, 0.6) is 11.5 Å². The third-order valence-corrected chi connectivity index (χ3v) is 7.27. The smallest absolute Gasteiger partial charge is 0.231 e. The Morgan fingerprint density at radius 3 is 2.37 bits per heavy atom. The van der Waals surface area contributed by atoms with Crippen molar-refractivity contribution in [1.82, 2.24) is 4.90 Å². The van der Waals surface area contributed by atoms with E-state index in [1.165, 1.54) is 22.3 Å². The highest BCUT2D eigenvalue weighted by molar-refractivity contribution is 5.95. The van der Waals surface area contributed by atoms with Crippen molar-refractivity contribution in [3.63, 3.8) is 0 Å². The number of fused-ring (bicyclic) bond motifs is 1. The third kappa shape index (κ3) is 4.99. The Labute approximate surface area is 208 Å². The molecule has 0 radical (unpaired) electrons. The predicted molar refractivity (Wildman–Crippen MR) is 140 cm³/mol. The SMILES string of the molecule is Cc1ccc(CC(=O)C2(c3ccc4c(c3)OCO4)CC2)cc1-c1ccc(CN(C)CC(C)C)cc1. The highest BCUT2D eigenvalue weighted by atomic mass is 16.7. The molecule has 0 saturated heterocycles. The zero-order valence-corrected chi connectivity index (χ0v) is 21.3. The van der Waals surface area contributed by atoms with Crippen LogP contribution in [0.15, 0.2) is 60.7 Å². The van der Waals surface area contributed by atoms with Crippen molar-refractivity contribution in [3.05, 3.63) is 82.9 Å². The fraction of sp³-hybridized carbons (Fsp3) is 0.387. The van der Waals surface area contributed by atoms with Gasteiger partial charge in [-0.3, -0.25) is 4.79 Å². The van der Waals surface area contributed by atoms with Crippen LogP contribution in [0, 0.1) is 12.8 Å². The van der Waals surface area contributed by atoms with E-state index in [4.69, 9.17) is 9.47 Å². The summed E-state index contributed by atoms with van der Waals surface area (Å²) in [5, 5.41) is 0. The number of hydrogen-bond donors (Lipinski definition) is 0. The Morgan fingerprint density at radius 2 is 1.66 bits per heavy atom. The van der Waals surface area contributed by atoms with Gasteiger partial charge in [-0.05, 0) is 78.2 Å². The van der Waals surface area contributed by atoms with E-state index >= 15 is 0 Å². The summed E-state index contributed by atoms with van der Waals surface area (Å²) < 4.78 is 11.0. The first kappa shape index (κ1) is 23.6. The minimum atomic E-state index is -0.379. The van der Waals surface area contributed by atoms with E-state index in [0.29, 0.717) is 12.3 Å². The molecule has 0 unspecified atom stereocenters. The van der Waals surface area contributed by atoms with E-state index in [0.717, 1.165) is 48.6 Å². The van der Waals surface area contributed by atoms with E-state index in [9.17, 15) is 4.79 Å². The molecule has 4 heteroatoms. The van der Waals surface area contributed by atoms with E-state index < -0.39 is 0 Å². The predicted octanol–water partition coefficient (Wildman–Crippen LogP) is 6.32. The number of nitrogens with zero attached hydrogens (tertiary/aromatic N) is 1. The molecule has 3 aromatic carbocycles. The molecule has 0 bridgehead atoms. The van der Waals surface area contributed by atoms with E-state index in [1.54, 1.807) is 0 Å². The topological polar surface area (TPSA) is 38.8 Å². The van der Waals surface area contributed by atoms with Gasteiger partial charge in [-0.25, -0.2) is 0 Å². The molecule has 1 fully saturated rings. The van der Waals surface area contributed by atoms with Gasteiger partial charge in [-0.1, -0.05) is 62.4 Å². The summed E-state index contributed by atoms with van der Waals surface area (Å²) >= 11 is 0. The molecular formula is C31H35NO3. The van der Waals surface area contributed by atoms with Gasteiger partial charge in [-0.15, -0.1) is 0 Å². The Bertz CT molecular complexity index is 1220. The molecule has 3 aromatic rings. The first-order chi connectivity index (χ1) is 16.8. The maximum absolute atomic E-state index is 13.5. The zero-order chi connectivity index (χ0) is 24.6. The second-order valence-electron chi connectivity index (χ2n) is 10.7. The second-order valence-corrected chi connectivity index (χ2v) is 10.7. The van der Waals surface area contributed by atoms with Crippen LogP contribution in [0.25, 0.3) is 11.1 Å². The number of carbonyl (C=O) groups is 1. The largest absolute Gasteiger partial charge is 0.454 e. The van der Waals surface area contributed by atoms with Crippen LogP contribution >= 0.6 is 0 Å². The van der Waals surface area contributed by atoms with Crippen LogP contribution in [0.1, 0.15) is 48.9 Å². The lowest BCUT2D eigenvalue weighted by Crippen LogP contribution is -2.22. The van der Waals surface area contributed by atoms with Crippen LogP contribution in [0.3, 0.4) is 0 Å². The summed E-state index contributed by atoms with van der Waals surface area (Å²) in [6, 6.07) is 21.3. The number of rotatable bonds is 9. The van der Waals surface area contributed by atoms with E-state index in [-0.39, 0.29) is 18.0 Å². The lowest BCUT2D eigenvalue weighted by atomic mass is 9.87. The molecule has 2 aliphatic rings. The lowest BCUT2D eigenvalue weighted by molar-refractivity contribution is -0.120. The van der Waals surface area contributed by atoms with Crippen LogP contribution in [-0.4, -0.2) is 31.1 Å². The normalized spacial score (nSPS) is 15.6. The monoisotopic (exact) mass is 469 g/mol. The molecule has 35 heavy (non-hydrogen) atoms. The van der Waals surface area contributed by atoms with Crippen LogP contribution in [0.2, 0.25) is 0 Å². The molecule has 0 spiro atoms. The van der Waals surface area contributed by atoms with Crippen molar-refractivity contribution in [2.24, 2.45) is 5.92 Å². The average Bonchev–Trinajstić information content (AvgIpc) is 3.51. The van der Waals surface area contributed by atoms with Crippen molar-refractivity contribution in [2.45, 2.75) is 52.0 Å². The third-order valence-electron chi connectivity index (χ3n) is 7.27. The van der Waals surface area contributed by atoms with Crippen molar-refractivity contribution in [2.75, 3.05) is 20.4 Å². The van der Waals surface area contributed by atoms with Gasteiger partial charge < -0.3 is 14.4 Å². The fourth-order valence-corrected chi connectivity index (χ4v) is 5.28. The number of aryl methyl sites for hydroxylation is 1. The molecule has 1 heterocycles. The number of hydrogen-bond acceptors (Lipinski definition) is 4. The molecule has 0 amide bonds. The maximum atomic E-state index is 13.5. The molecule has 4 nitrogen and oxygen atoms in total. The van der Waals surface area contributed by atoms with Gasteiger partial charge in [0.1, 0.15) is 5.78 Å². The van der Waals surface area contributed by atoms with Gasteiger partial charge in [0.15, 0.2) is 11.5 Å². The van der Waals surface area contributed by atoms with Gasteiger partial charge in [0.25, 0.3) is 0 Å². The van der Waals surface area contributed by atoms with Crippen LogP contribution in [-0.2, 0) is 23.2 Å². The minimum absolute atomic E-state index is 0.251. The maximum Gasteiger partial charge on any atom is 0.231 e. The second kappa shape index (κ2) is 9.50. The Hall–Kier alpha value is -3.11. The highest BCUT2D eigenvalue weighted by Crippen LogP contribution is 2.51. The first-order valence-corrected chi connectivity index (χ1v) is 12.6. The highest BCUT2D eigenvalue weighted by Gasteiger charge is 2.50. The van der Waals surface area contributed by atoms with Gasteiger partial charge in [0.2, 0.25) is 6.79 Å². The molecule has 182 valence electrons. The molecular weight excluding hydrogens is 434 g/mol. The number of Topliss-reactive ketones (excluding diaryl/α,β-unsaturated/α-hetero) is 1. The quantitative estimate of drug-likeness (QED) is 0.367. The molecule has 5 rings (SSSR count). The van der Waals surface area contributed by atoms with Gasteiger partial charge in [0.05, 0.1) is 5.41 Å².